The third-order valence-electron chi connectivity index (χ3n) is 1.08. The molecule has 0 spiro atoms. The summed E-state index contributed by atoms with van der Waals surface area (Å²) in [5, 5.41) is 9.89. The standard InChI is InChI=1S/C9H6O2.Ag/c10-9(11)7-6-8-4-2-1-3-5-8;/h1-5H,(H,10,11);/q;+1/p-1. The monoisotopic (exact) mass is 252 g/mol. The van der Waals surface area contributed by atoms with Gasteiger partial charge >= 0.3 is 22.4 Å². The third kappa shape index (κ3) is 3.99. The van der Waals surface area contributed by atoms with Gasteiger partial charge in [0.05, 0.1) is 0 Å². The zero-order valence-corrected chi connectivity index (χ0v) is 7.49. The van der Waals surface area contributed by atoms with Crippen LogP contribution < -0.4 is 5.11 Å². The fourth-order valence-corrected chi connectivity index (χ4v) is 0.645. The fraction of sp³-hybridized carbons (Fsp3) is 0. The number of carboxylic acid groups (broad SMARTS) is 1. The van der Waals surface area contributed by atoms with Gasteiger partial charge in [-0.05, 0) is 18.1 Å². The summed E-state index contributed by atoms with van der Waals surface area (Å²) in [6.45, 7) is 0. The maximum atomic E-state index is 9.89. The Hall–Kier alpha value is -1.01. The minimum atomic E-state index is -1.35. The minimum Gasteiger partial charge on any atom is -0.537 e. The van der Waals surface area contributed by atoms with Crippen LogP contribution in [-0.2, 0) is 27.2 Å². The van der Waals surface area contributed by atoms with Crippen molar-refractivity contribution in [2.24, 2.45) is 0 Å². The zero-order valence-electron chi connectivity index (χ0n) is 6.00. The van der Waals surface area contributed by atoms with E-state index in [1.807, 2.05) is 12.0 Å². The summed E-state index contributed by atoms with van der Waals surface area (Å²) in [6.07, 6.45) is 0. The number of carbonyl (C=O) groups is 1. The van der Waals surface area contributed by atoms with Crippen molar-refractivity contribution in [2.75, 3.05) is 0 Å². The Labute approximate surface area is 86.1 Å². The predicted octanol–water partition coefficient (Wildman–Crippen LogP) is -0.215. The van der Waals surface area contributed by atoms with Crippen molar-refractivity contribution in [2.45, 2.75) is 0 Å². The van der Waals surface area contributed by atoms with Gasteiger partial charge in [0.2, 0.25) is 0 Å². The van der Waals surface area contributed by atoms with E-state index in [2.05, 4.69) is 5.92 Å². The minimum absolute atomic E-state index is 0. The molecule has 0 fully saturated rings. The Balaban J connectivity index is 0.00000121. The van der Waals surface area contributed by atoms with Crippen molar-refractivity contribution in [1.82, 2.24) is 0 Å². The molecule has 0 bridgehead atoms. The summed E-state index contributed by atoms with van der Waals surface area (Å²) in [6, 6.07) is 8.88. The Morgan fingerprint density at radius 2 is 1.83 bits per heavy atom. The van der Waals surface area contributed by atoms with Crippen LogP contribution in [0.5, 0.6) is 0 Å². The van der Waals surface area contributed by atoms with E-state index in [-0.39, 0.29) is 22.4 Å². The molecule has 0 atom stereocenters. The second kappa shape index (κ2) is 5.62. The normalized spacial score (nSPS) is 7.33. The van der Waals surface area contributed by atoms with Crippen LogP contribution in [0.2, 0.25) is 0 Å². The van der Waals surface area contributed by atoms with Crippen LogP contribution in [0, 0.1) is 11.8 Å². The van der Waals surface area contributed by atoms with E-state index in [1.54, 1.807) is 24.3 Å². The SMILES string of the molecule is O=C([O-])C#Cc1ccccc1.[Ag+]. The van der Waals surface area contributed by atoms with Gasteiger partial charge in [0.15, 0.2) is 0 Å². The molecule has 0 unspecified atom stereocenters. The number of benzene rings is 1. The summed E-state index contributed by atoms with van der Waals surface area (Å²) in [7, 11) is 0. The first-order valence-electron chi connectivity index (χ1n) is 3.07. The number of hydrogen-bond donors (Lipinski definition) is 0. The van der Waals surface area contributed by atoms with Crippen molar-refractivity contribution in [3.63, 3.8) is 0 Å². The van der Waals surface area contributed by atoms with E-state index < -0.39 is 5.97 Å². The van der Waals surface area contributed by atoms with Gasteiger partial charge in [0.25, 0.3) is 0 Å². The van der Waals surface area contributed by atoms with Crippen molar-refractivity contribution in [3.8, 4) is 11.8 Å². The molecule has 3 heteroatoms. The predicted molar refractivity (Wildman–Crippen MR) is 38.3 cm³/mol. The summed E-state index contributed by atoms with van der Waals surface area (Å²) in [4.78, 5) is 9.89. The molecular formula is C9H5AgO2. The molecule has 1 rings (SSSR count). The summed E-state index contributed by atoms with van der Waals surface area (Å²) < 4.78 is 0. The van der Waals surface area contributed by atoms with Gasteiger partial charge in [-0.15, -0.1) is 0 Å². The zero-order chi connectivity index (χ0) is 8.10. The van der Waals surface area contributed by atoms with Crippen molar-refractivity contribution in [3.05, 3.63) is 35.9 Å². The molecule has 12 heavy (non-hydrogen) atoms. The third-order valence-corrected chi connectivity index (χ3v) is 1.08. The molecule has 0 amide bonds. The van der Waals surface area contributed by atoms with Crippen LogP contribution in [0.25, 0.3) is 0 Å². The Kier molecular flexibility index (Phi) is 5.14. The van der Waals surface area contributed by atoms with E-state index in [1.165, 1.54) is 0 Å². The maximum absolute atomic E-state index is 9.89. The number of hydrogen-bond acceptors (Lipinski definition) is 2. The molecule has 0 aromatic heterocycles. The molecule has 0 aliphatic heterocycles. The molecule has 0 saturated heterocycles. The molecule has 0 N–H and O–H groups in total. The van der Waals surface area contributed by atoms with Gasteiger partial charge in [-0.1, -0.05) is 24.1 Å². The first kappa shape index (κ1) is 11.0. The molecule has 0 heterocycles. The quantitative estimate of drug-likeness (QED) is 0.474. The first-order valence-corrected chi connectivity index (χ1v) is 3.07. The van der Waals surface area contributed by atoms with Crippen LogP contribution in [-0.4, -0.2) is 5.97 Å². The molecule has 1 aromatic rings. The molecular weight excluding hydrogens is 248 g/mol. The molecule has 2 nitrogen and oxygen atoms in total. The molecule has 0 radical (unpaired) electrons. The van der Waals surface area contributed by atoms with Gasteiger partial charge in [-0.3, -0.25) is 0 Å². The Bertz CT molecular complexity index is 308. The summed E-state index contributed by atoms with van der Waals surface area (Å²) in [5.74, 6) is 3.00. The summed E-state index contributed by atoms with van der Waals surface area (Å²) >= 11 is 0. The van der Waals surface area contributed by atoms with E-state index >= 15 is 0 Å². The van der Waals surface area contributed by atoms with Gasteiger partial charge in [-0.2, -0.15) is 0 Å². The van der Waals surface area contributed by atoms with E-state index in [9.17, 15) is 9.90 Å². The van der Waals surface area contributed by atoms with E-state index in [4.69, 9.17) is 0 Å². The van der Waals surface area contributed by atoms with Crippen molar-refractivity contribution in [1.29, 1.82) is 0 Å². The van der Waals surface area contributed by atoms with Crippen LogP contribution >= 0.6 is 0 Å². The van der Waals surface area contributed by atoms with Gasteiger partial charge in [0.1, 0.15) is 5.97 Å². The van der Waals surface area contributed by atoms with Gasteiger partial charge < -0.3 is 9.90 Å². The Morgan fingerprint density at radius 1 is 1.25 bits per heavy atom. The number of carboxylic acids is 1. The second-order valence-electron chi connectivity index (χ2n) is 1.90. The average Bonchev–Trinajstić information content (AvgIpc) is 2.03. The molecule has 1 aromatic carbocycles. The fourth-order valence-electron chi connectivity index (χ4n) is 0.645. The largest absolute Gasteiger partial charge is 1.00 e. The van der Waals surface area contributed by atoms with Crippen LogP contribution in [0.1, 0.15) is 5.56 Å². The maximum Gasteiger partial charge on any atom is 1.00 e. The van der Waals surface area contributed by atoms with Crippen molar-refractivity contribution < 1.29 is 32.3 Å². The van der Waals surface area contributed by atoms with Crippen LogP contribution in [0.3, 0.4) is 0 Å². The van der Waals surface area contributed by atoms with Crippen LogP contribution in [0.4, 0.5) is 0 Å². The molecule has 0 aliphatic rings. The van der Waals surface area contributed by atoms with Crippen LogP contribution in [0.15, 0.2) is 30.3 Å². The summed E-state index contributed by atoms with van der Waals surface area (Å²) in [5.41, 5.74) is 0.678. The van der Waals surface area contributed by atoms with Gasteiger partial charge in [0, 0.05) is 5.56 Å². The number of rotatable bonds is 0. The van der Waals surface area contributed by atoms with E-state index in [0.29, 0.717) is 5.56 Å². The first-order chi connectivity index (χ1) is 5.29. The number of aliphatic carboxylic acids is 1. The average molecular weight is 253 g/mol. The second-order valence-corrected chi connectivity index (χ2v) is 1.90. The van der Waals surface area contributed by atoms with Gasteiger partial charge in [-0.25, -0.2) is 0 Å². The topological polar surface area (TPSA) is 40.1 Å². The van der Waals surface area contributed by atoms with E-state index in [0.717, 1.165) is 0 Å². The molecule has 64 valence electrons. The molecule has 0 saturated carbocycles. The number of carbonyl (C=O) groups excluding carboxylic acids is 1. The Morgan fingerprint density at radius 3 is 2.33 bits per heavy atom. The smallest absolute Gasteiger partial charge is 0.537 e. The molecule has 0 aliphatic carbocycles. The van der Waals surface area contributed by atoms with Crippen molar-refractivity contribution >= 4 is 5.97 Å².